The molecule has 0 spiro atoms. The standard InChI is InChI=1S/C17H20N2O4S/c1-19(11-14-10-16(23-18-14)13-5-6-13)17(20)9-12-3-7-15(8-4-12)24(2,21)22/h3-4,7-8,10,13H,5-6,9,11H2,1-2H3. The van der Waals surface area contributed by atoms with Crippen LogP contribution in [0.2, 0.25) is 0 Å². The molecule has 1 heterocycles. The summed E-state index contributed by atoms with van der Waals surface area (Å²) in [6.45, 7) is 0.399. The highest BCUT2D eigenvalue weighted by molar-refractivity contribution is 7.90. The van der Waals surface area contributed by atoms with E-state index in [1.165, 1.54) is 12.1 Å². The van der Waals surface area contributed by atoms with E-state index >= 15 is 0 Å². The average molecular weight is 348 g/mol. The van der Waals surface area contributed by atoms with Crippen molar-refractivity contribution in [3.8, 4) is 0 Å². The Morgan fingerprint density at radius 1 is 1.29 bits per heavy atom. The fourth-order valence-corrected chi connectivity index (χ4v) is 3.09. The van der Waals surface area contributed by atoms with Crippen molar-refractivity contribution in [3.63, 3.8) is 0 Å². The van der Waals surface area contributed by atoms with Crippen molar-refractivity contribution in [1.82, 2.24) is 10.1 Å². The highest BCUT2D eigenvalue weighted by Crippen LogP contribution is 2.40. The summed E-state index contributed by atoms with van der Waals surface area (Å²) in [4.78, 5) is 14.1. The Kier molecular flexibility index (Phi) is 4.45. The maximum Gasteiger partial charge on any atom is 0.227 e. The van der Waals surface area contributed by atoms with E-state index in [4.69, 9.17) is 4.52 Å². The minimum Gasteiger partial charge on any atom is -0.361 e. The Bertz CT molecular complexity index is 836. The van der Waals surface area contributed by atoms with E-state index in [0.717, 1.165) is 36.1 Å². The third kappa shape index (κ3) is 4.03. The number of benzene rings is 1. The molecular weight excluding hydrogens is 328 g/mol. The van der Waals surface area contributed by atoms with Crippen LogP contribution in [0.4, 0.5) is 0 Å². The van der Waals surface area contributed by atoms with Gasteiger partial charge in [0.2, 0.25) is 5.91 Å². The van der Waals surface area contributed by atoms with E-state index in [1.807, 2.05) is 6.07 Å². The first kappa shape index (κ1) is 16.7. The third-order valence-electron chi connectivity index (χ3n) is 4.09. The zero-order valence-corrected chi connectivity index (χ0v) is 14.5. The van der Waals surface area contributed by atoms with Crippen LogP contribution in [0.1, 0.15) is 35.8 Å². The topological polar surface area (TPSA) is 80.5 Å². The molecule has 0 aliphatic heterocycles. The zero-order chi connectivity index (χ0) is 17.3. The van der Waals surface area contributed by atoms with Crippen molar-refractivity contribution in [2.75, 3.05) is 13.3 Å². The Morgan fingerprint density at radius 3 is 2.54 bits per heavy atom. The molecule has 7 heteroatoms. The summed E-state index contributed by atoms with van der Waals surface area (Å²) in [5.74, 6) is 1.35. The Morgan fingerprint density at radius 2 is 1.96 bits per heavy atom. The molecule has 0 saturated heterocycles. The lowest BCUT2D eigenvalue weighted by atomic mass is 10.1. The normalized spacial score (nSPS) is 14.6. The van der Waals surface area contributed by atoms with E-state index in [-0.39, 0.29) is 17.2 Å². The number of carbonyl (C=O) groups is 1. The molecule has 1 aliphatic rings. The second-order valence-corrected chi connectivity index (χ2v) is 8.35. The lowest BCUT2D eigenvalue weighted by molar-refractivity contribution is -0.129. The molecule has 0 radical (unpaired) electrons. The number of hydrogen-bond donors (Lipinski definition) is 0. The van der Waals surface area contributed by atoms with Crippen molar-refractivity contribution < 1.29 is 17.7 Å². The Labute approximate surface area is 141 Å². The van der Waals surface area contributed by atoms with Gasteiger partial charge in [0.25, 0.3) is 0 Å². The predicted octanol–water partition coefficient (Wildman–Crippen LogP) is 2.16. The quantitative estimate of drug-likeness (QED) is 0.799. The van der Waals surface area contributed by atoms with Crippen LogP contribution in [0, 0.1) is 0 Å². The van der Waals surface area contributed by atoms with Gasteiger partial charge in [0.1, 0.15) is 11.5 Å². The van der Waals surface area contributed by atoms with Crippen LogP contribution in [0.5, 0.6) is 0 Å². The van der Waals surface area contributed by atoms with E-state index in [2.05, 4.69) is 5.16 Å². The highest BCUT2D eigenvalue weighted by atomic mass is 32.2. The molecule has 1 amide bonds. The van der Waals surface area contributed by atoms with Gasteiger partial charge < -0.3 is 9.42 Å². The molecule has 1 aromatic heterocycles. The van der Waals surface area contributed by atoms with Crippen molar-refractivity contribution in [2.45, 2.75) is 36.6 Å². The predicted molar refractivity (Wildman–Crippen MR) is 88.2 cm³/mol. The Hall–Kier alpha value is -2.15. The number of hydrogen-bond acceptors (Lipinski definition) is 5. The molecule has 1 aliphatic carbocycles. The molecule has 3 rings (SSSR count). The Balaban J connectivity index is 1.58. The van der Waals surface area contributed by atoms with Gasteiger partial charge in [0.05, 0.1) is 17.9 Å². The van der Waals surface area contributed by atoms with Crippen LogP contribution >= 0.6 is 0 Å². The highest BCUT2D eigenvalue weighted by Gasteiger charge is 2.28. The number of carbonyl (C=O) groups excluding carboxylic acids is 1. The van der Waals surface area contributed by atoms with E-state index in [0.29, 0.717) is 12.5 Å². The van der Waals surface area contributed by atoms with Crippen molar-refractivity contribution in [3.05, 3.63) is 47.3 Å². The van der Waals surface area contributed by atoms with Crippen LogP contribution in [0.3, 0.4) is 0 Å². The number of aromatic nitrogens is 1. The summed E-state index contributed by atoms with van der Waals surface area (Å²) in [5, 5.41) is 4.01. The summed E-state index contributed by atoms with van der Waals surface area (Å²) in [7, 11) is -1.50. The fraction of sp³-hybridized carbons (Fsp3) is 0.412. The monoisotopic (exact) mass is 348 g/mol. The van der Waals surface area contributed by atoms with Gasteiger partial charge >= 0.3 is 0 Å². The summed E-state index contributed by atoms with van der Waals surface area (Å²) in [6, 6.07) is 8.31. The molecule has 0 bridgehead atoms. The number of likely N-dealkylation sites (N-methyl/N-ethyl adjacent to an activating group) is 1. The van der Waals surface area contributed by atoms with Crippen LogP contribution < -0.4 is 0 Å². The molecular formula is C17H20N2O4S. The van der Waals surface area contributed by atoms with Crippen molar-refractivity contribution in [1.29, 1.82) is 0 Å². The maximum absolute atomic E-state index is 12.3. The fourth-order valence-electron chi connectivity index (χ4n) is 2.46. The largest absolute Gasteiger partial charge is 0.361 e. The maximum atomic E-state index is 12.3. The third-order valence-corrected chi connectivity index (χ3v) is 5.22. The van der Waals surface area contributed by atoms with Gasteiger partial charge in [0.15, 0.2) is 9.84 Å². The second-order valence-electron chi connectivity index (χ2n) is 6.34. The van der Waals surface area contributed by atoms with Gasteiger partial charge in [-0.1, -0.05) is 17.3 Å². The molecule has 6 nitrogen and oxygen atoms in total. The molecule has 1 fully saturated rings. The number of amides is 1. The molecule has 0 N–H and O–H groups in total. The second kappa shape index (κ2) is 6.39. The van der Waals surface area contributed by atoms with Crippen LogP contribution in [0.25, 0.3) is 0 Å². The molecule has 1 aromatic carbocycles. The first-order valence-corrected chi connectivity index (χ1v) is 9.70. The summed E-state index contributed by atoms with van der Waals surface area (Å²) < 4.78 is 28.2. The van der Waals surface area contributed by atoms with E-state index < -0.39 is 9.84 Å². The summed E-state index contributed by atoms with van der Waals surface area (Å²) in [6.07, 6.45) is 3.67. The molecule has 2 aromatic rings. The van der Waals surface area contributed by atoms with Gasteiger partial charge in [-0.15, -0.1) is 0 Å². The smallest absolute Gasteiger partial charge is 0.227 e. The van der Waals surface area contributed by atoms with Gasteiger partial charge in [-0.05, 0) is 30.5 Å². The van der Waals surface area contributed by atoms with Gasteiger partial charge in [-0.3, -0.25) is 4.79 Å². The van der Waals surface area contributed by atoms with Gasteiger partial charge in [-0.25, -0.2) is 8.42 Å². The molecule has 24 heavy (non-hydrogen) atoms. The molecule has 128 valence electrons. The van der Waals surface area contributed by atoms with Gasteiger partial charge in [-0.2, -0.15) is 0 Å². The first-order valence-electron chi connectivity index (χ1n) is 7.81. The van der Waals surface area contributed by atoms with Crippen LogP contribution in [0.15, 0.2) is 39.8 Å². The minimum absolute atomic E-state index is 0.0573. The summed E-state index contributed by atoms with van der Waals surface area (Å²) >= 11 is 0. The van der Waals surface area contributed by atoms with E-state index in [1.54, 1.807) is 24.1 Å². The van der Waals surface area contributed by atoms with Crippen molar-refractivity contribution >= 4 is 15.7 Å². The lowest BCUT2D eigenvalue weighted by Crippen LogP contribution is -2.27. The zero-order valence-electron chi connectivity index (χ0n) is 13.7. The summed E-state index contributed by atoms with van der Waals surface area (Å²) in [5.41, 5.74) is 1.53. The number of rotatable bonds is 6. The SMILES string of the molecule is CN(Cc1cc(C2CC2)on1)C(=O)Cc1ccc(S(C)(=O)=O)cc1. The lowest BCUT2D eigenvalue weighted by Gasteiger charge is -2.15. The number of sulfone groups is 1. The van der Waals surface area contributed by atoms with Crippen LogP contribution in [-0.4, -0.2) is 37.7 Å². The average Bonchev–Trinajstić information content (AvgIpc) is 3.27. The molecule has 1 saturated carbocycles. The molecule has 0 atom stereocenters. The molecule has 0 unspecified atom stereocenters. The van der Waals surface area contributed by atoms with E-state index in [9.17, 15) is 13.2 Å². The number of nitrogens with zero attached hydrogens (tertiary/aromatic N) is 2. The first-order chi connectivity index (χ1) is 11.3. The van der Waals surface area contributed by atoms with Crippen molar-refractivity contribution in [2.24, 2.45) is 0 Å². The van der Waals surface area contributed by atoms with Gasteiger partial charge in [0, 0.05) is 25.3 Å². The minimum atomic E-state index is -3.22. The van der Waals surface area contributed by atoms with Crippen LogP contribution in [-0.2, 0) is 27.6 Å².